The van der Waals surface area contributed by atoms with E-state index in [0.29, 0.717) is 44.8 Å². The van der Waals surface area contributed by atoms with Gasteiger partial charge in [-0.2, -0.15) is 43.8 Å². The van der Waals surface area contributed by atoms with Gasteiger partial charge in [0.2, 0.25) is 17.8 Å². The number of nitrogens with zero attached hydrogens (tertiary/aromatic N) is 8. The van der Waals surface area contributed by atoms with Crippen molar-refractivity contribution in [1.82, 2.24) is 15.0 Å². The first-order chi connectivity index (χ1) is 26.6. The Morgan fingerprint density at radius 2 is 1.22 bits per heavy atom. The number of hydrogen-bond donors (Lipinski definition) is 6. The lowest BCUT2D eigenvalue weighted by Crippen LogP contribution is -2.31. The minimum Gasteiger partial charge on any atom is -0.494 e. The molecular formula is C33H34N10O10S2. The fraction of sp³-hybridized carbons (Fsp3) is 0.182. The zero-order valence-electron chi connectivity index (χ0n) is 29.0. The van der Waals surface area contributed by atoms with Crippen molar-refractivity contribution in [3.05, 3.63) is 84.9 Å². The lowest BCUT2D eigenvalue weighted by Gasteiger charge is -2.22. The summed E-state index contributed by atoms with van der Waals surface area (Å²) < 4.78 is 48.0. The van der Waals surface area contributed by atoms with Crippen molar-refractivity contribution in [1.29, 1.82) is 0 Å². The van der Waals surface area contributed by atoms with Gasteiger partial charge in [-0.3, -0.25) is 4.55 Å². The van der Waals surface area contributed by atoms with Crippen LogP contribution < -0.4 is 25.0 Å². The van der Waals surface area contributed by atoms with E-state index in [-0.39, 0.29) is 54.7 Å². The SMILES string of the molecule is COc1cc(N=Nc2cccc(SOOO)c2)ccc1Nc1nc(Nc2ccc(N=Nc3cccc(S(=O)(=O)O)c3)cc2OC)nc(N(CCO)CCO)n1. The van der Waals surface area contributed by atoms with Gasteiger partial charge in [0.25, 0.3) is 10.1 Å². The molecule has 0 unspecified atom stereocenters. The molecule has 288 valence electrons. The van der Waals surface area contributed by atoms with E-state index < -0.39 is 10.1 Å². The molecular weight excluding hydrogens is 761 g/mol. The molecule has 20 nitrogen and oxygen atoms in total. The van der Waals surface area contributed by atoms with Gasteiger partial charge >= 0.3 is 0 Å². The van der Waals surface area contributed by atoms with Gasteiger partial charge in [-0.15, -0.1) is 4.33 Å². The Balaban J connectivity index is 1.41. The third-order valence-electron chi connectivity index (χ3n) is 7.17. The molecule has 0 aliphatic heterocycles. The van der Waals surface area contributed by atoms with Crippen LogP contribution in [0.2, 0.25) is 0 Å². The number of anilines is 5. The van der Waals surface area contributed by atoms with E-state index in [2.05, 4.69) is 55.4 Å². The average Bonchev–Trinajstić information content (AvgIpc) is 3.19. The Morgan fingerprint density at radius 1 is 0.709 bits per heavy atom. The number of aliphatic hydroxyl groups is 2. The second-order valence-electron chi connectivity index (χ2n) is 10.8. The first-order valence-corrected chi connectivity index (χ1v) is 18.1. The van der Waals surface area contributed by atoms with Crippen LogP contribution in [0.15, 0.2) is 115 Å². The molecule has 22 heteroatoms. The summed E-state index contributed by atoms with van der Waals surface area (Å²) in [6, 6.07) is 22.1. The number of methoxy groups -OCH3 is 2. The second kappa shape index (κ2) is 19.5. The minimum atomic E-state index is -4.41. The number of azo groups is 2. The van der Waals surface area contributed by atoms with Gasteiger partial charge in [0.05, 0.1) is 78.5 Å². The number of hydrogen-bond acceptors (Lipinski definition) is 20. The summed E-state index contributed by atoms with van der Waals surface area (Å²) >= 11 is 0.794. The van der Waals surface area contributed by atoms with Crippen molar-refractivity contribution in [2.45, 2.75) is 9.79 Å². The van der Waals surface area contributed by atoms with Gasteiger partial charge in [-0.05, 0) is 60.7 Å². The van der Waals surface area contributed by atoms with Crippen LogP contribution in [0.25, 0.3) is 0 Å². The zero-order valence-corrected chi connectivity index (χ0v) is 30.7. The van der Waals surface area contributed by atoms with Crippen LogP contribution in [0.5, 0.6) is 11.5 Å². The van der Waals surface area contributed by atoms with Crippen molar-refractivity contribution < 1.29 is 47.3 Å². The molecule has 0 aliphatic rings. The molecule has 0 amide bonds. The molecule has 0 fully saturated rings. The summed E-state index contributed by atoms with van der Waals surface area (Å²) in [5.41, 5.74) is 2.44. The topological polar surface area (TPSA) is 267 Å². The highest BCUT2D eigenvalue weighted by Gasteiger charge is 2.17. The normalized spacial score (nSPS) is 11.6. The molecule has 6 N–H and O–H groups in total. The largest absolute Gasteiger partial charge is 0.494 e. The van der Waals surface area contributed by atoms with Crippen molar-refractivity contribution in [3.63, 3.8) is 0 Å². The highest BCUT2D eigenvalue weighted by Crippen LogP contribution is 2.35. The van der Waals surface area contributed by atoms with Crippen molar-refractivity contribution in [2.24, 2.45) is 20.5 Å². The number of nitrogens with one attached hydrogen (secondary N) is 2. The smallest absolute Gasteiger partial charge is 0.294 e. The molecule has 4 aromatic carbocycles. The number of aliphatic hydroxyl groups excluding tert-OH is 2. The quantitative estimate of drug-likeness (QED) is 0.0167. The molecule has 0 radical (unpaired) electrons. The predicted octanol–water partition coefficient (Wildman–Crippen LogP) is 6.67. The summed E-state index contributed by atoms with van der Waals surface area (Å²) in [5, 5.41) is 54.4. The van der Waals surface area contributed by atoms with Crippen LogP contribution in [-0.2, 0) is 19.5 Å². The molecule has 0 aliphatic carbocycles. The Morgan fingerprint density at radius 3 is 1.71 bits per heavy atom. The summed E-state index contributed by atoms with van der Waals surface area (Å²) in [5.74, 6) is 1.00. The zero-order chi connectivity index (χ0) is 39.2. The standard InChI is InChI=1S/C33H34N10O10S2/c1-50-29-19-23(41-39-21-5-3-7-25(17-21)54-53-52-46)9-11-27(29)34-31-36-32(38-33(37-31)43(13-15-44)14-16-45)35-28-12-10-24(20-30(28)51-2)42-40-22-6-4-8-26(18-22)55(47,48)49/h3-12,17-20,44-46H,13-16H2,1-2H3,(H,47,48,49)(H2,34,35,36,37,38). The maximum absolute atomic E-state index is 11.5. The van der Waals surface area contributed by atoms with Gasteiger partial charge in [0.1, 0.15) is 11.5 Å². The molecule has 55 heavy (non-hydrogen) atoms. The maximum atomic E-state index is 11.5. The molecule has 5 rings (SSSR count). The summed E-state index contributed by atoms with van der Waals surface area (Å²) in [6.07, 6.45) is 0. The molecule has 1 aromatic heterocycles. The Labute approximate surface area is 318 Å². The van der Waals surface area contributed by atoms with Gasteiger partial charge in [0.15, 0.2) is 0 Å². The van der Waals surface area contributed by atoms with Crippen LogP contribution in [-0.4, -0.2) is 83.9 Å². The third-order valence-corrected chi connectivity index (χ3v) is 8.59. The number of benzene rings is 4. The Kier molecular flexibility index (Phi) is 14.3. The monoisotopic (exact) mass is 794 g/mol. The number of aromatic nitrogens is 3. The summed E-state index contributed by atoms with van der Waals surface area (Å²) in [6.45, 7) is -0.239. The Bertz CT molecular complexity index is 2240. The van der Waals surface area contributed by atoms with Gasteiger partial charge in [-0.1, -0.05) is 17.2 Å². The second-order valence-corrected chi connectivity index (χ2v) is 13.0. The highest BCUT2D eigenvalue weighted by molar-refractivity contribution is 7.94. The van der Waals surface area contributed by atoms with E-state index in [4.69, 9.17) is 14.7 Å². The molecule has 0 saturated carbocycles. The van der Waals surface area contributed by atoms with E-state index in [0.717, 1.165) is 12.0 Å². The van der Waals surface area contributed by atoms with Gasteiger partial charge in [0, 0.05) is 30.1 Å². The fourth-order valence-electron chi connectivity index (χ4n) is 4.69. The lowest BCUT2D eigenvalue weighted by atomic mass is 10.2. The molecule has 0 saturated heterocycles. The lowest BCUT2D eigenvalue weighted by molar-refractivity contribution is -0.432. The van der Waals surface area contributed by atoms with E-state index in [1.807, 2.05) is 0 Å². The molecule has 5 aromatic rings. The van der Waals surface area contributed by atoms with Crippen LogP contribution in [0.1, 0.15) is 0 Å². The molecule has 0 bridgehead atoms. The van der Waals surface area contributed by atoms with E-state index in [1.165, 1.54) is 38.5 Å². The maximum Gasteiger partial charge on any atom is 0.294 e. The van der Waals surface area contributed by atoms with Crippen molar-refractivity contribution in [2.75, 3.05) is 56.1 Å². The average molecular weight is 795 g/mol. The molecule has 1 heterocycles. The molecule has 0 atom stereocenters. The highest BCUT2D eigenvalue weighted by atomic mass is 32.2. The first-order valence-electron chi connectivity index (χ1n) is 15.9. The van der Waals surface area contributed by atoms with Crippen LogP contribution in [0.3, 0.4) is 0 Å². The van der Waals surface area contributed by atoms with Crippen LogP contribution >= 0.6 is 12.0 Å². The van der Waals surface area contributed by atoms with Crippen molar-refractivity contribution in [3.8, 4) is 11.5 Å². The summed E-state index contributed by atoms with van der Waals surface area (Å²) in [7, 11) is -1.49. The predicted molar refractivity (Wildman–Crippen MR) is 200 cm³/mol. The number of ether oxygens (including phenoxy) is 2. The minimum absolute atomic E-state index is 0.0730. The third kappa shape index (κ3) is 11.6. The number of rotatable bonds is 19. The Hall–Kier alpha value is -5.85. The van der Waals surface area contributed by atoms with E-state index in [1.54, 1.807) is 65.6 Å². The van der Waals surface area contributed by atoms with Crippen LogP contribution in [0.4, 0.5) is 52.0 Å². The van der Waals surface area contributed by atoms with Gasteiger partial charge in [-0.25, -0.2) is 5.26 Å². The summed E-state index contributed by atoms with van der Waals surface area (Å²) in [4.78, 5) is 15.5. The van der Waals surface area contributed by atoms with Gasteiger partial charge < -0.3 is 35.2 Å². The van der Waals surface area contributed by atoms with E-state index >= 15 is 0 Å². The van der Waals surface area contributed by atoms with Crippen LogP contribution in [0, 0.1) is 0 Å². The molecule has 0 spiro atoms. The van der Waals surface area contributed by atoms with E-state index in [9.17, 15) is 23.2 Å². The van der Waals surface area contributed by atoms with Crippen molar-refractivity contribution >= 4 is 74.1 Å². The fourth-order valence-corrected chi connectivity index (χ4v) is 5.62. The first kappa shape index (κ1) is 40.3.